The van der Waals surface area contributed by atoms with E-state index in [1.807, 2.05) is 21.8 Å². The van der Waals surface area contributed by atoms with Crippen molar-refractivity contribution >= 4 is 23.2 Å². The van der Waals surface area contributed by atoms with Gasteiger partial charge in [0.25, 0.3) is 0 Å². The third-order valence-electron chi connectivity index (χ3n) is 10.0. The second-order valence-corrected chi connectivity index (χ2v) is 14.4. The molecule has 0 aliphatic heterocycles. The molecule has 16 nitrogen and oxygen atoms in total. The first-order valence-electron chi connectivity index (χ1n) is 18.7. The van der Waals surface area contributed by atoms with Crippen LogP contribution in [0.5, 0.6) is 0 Å². The Morgan fingerprint density at radius 2 is 0.885 bits per heavy atom. The first-order valence-corrected chi connectivity index (χ1v) is 18.7. The van der Waals surface area contributed by atoms with Crippen LogP contribution in [0.4, 0.5) is 11.4 Å². The summed E-state index contributed by atoms with van der Waals surface area (Å²) >= 11 is 0. The van der Waals surface area contributed by atoms with Gasteiger partial charge >= 0.3 is 0 Å². The first kappa shape index (κ1) is 35.1. The van der Waals surface area contributed by atoms with Crippen molar-refractivity contribution in [2.24, 2.45) is 11.8 Å². The lowest BCUT2D eigenvalue weighted by molar-refractivity contribution is -0.117. The predicted molar refractivity (Wildman–Crippen MR) is 192 cm³/mol. The van der Waals surface area contributed by atoms with E-state index in [0.29, 0.717) is 37.3 Å². The van der Waals surface area contributed by atoms with Gasteiger partial charge in [-0.05, 0) is 48.9 Å². The number of rotatable bonds is 16. The molecule has 274 valence electrons. The summed E-state index contributed by atoms with van der Waals surface area (Å²) in [4.78, 5) is 25.4. The highest BCUT2D eigenvalue weighted by atomic mass is 16.2. The van der Waals surface area contributed by atoms with Crippen LogP contribution in [0, 0.1) is 11.8 Å². The summed E-state index contributed by atoms with van der Waals surface area (Å²) in [5, 5.41) is 39.7. The summed E-state index contributed by atoms with van der Waals surface area (Å²) < 4.78 is 6.76. The van der Waals surface area contributed by atoms with Gasteiger partial charge in [-0.3, -0.25) is 19.0 Å². The van der Waals surface area contributed by atoms with E-state index in [0.717, 1.165) is 47.5 Å². The molecule has 4 heterocycles. The molecule has 16 heteroatoms. The largest absolute Gasteiger partial charge is 0.324 e. The van der Waals surface area contributed by atoms with E-state index in [1.165, 1.54) is 73.6 Å². The molecule has 5 aromatic rings. The van der Waals surface area contributed by atoms with Crippen LogP contribution < -0.4 is 10.6 Å². The van der Waals surface area contributed by atoms with Crippen LogP contribution in [0.2, 0.25) is 0 Å². The normalized spacial score (nSPS) is 15.5. The Labute approximate surface area is 302 Å². The monoisotopic (exact) mass is 708 g/mol. The molecular weight excluding hydrogens is 660 g/mol. The van der Waals surface area contributed by atoms with Gasteiger partial charge in [-0.2, -0.15) is 0 Å². The Morgan fingerprint density at radius 3 is 1.31 bits per heavy atom. The smallest absolute Gasteiger partial charge is 0.246 e. The molecule has 0 atom stereocenters. The minimum Gasteiger partial charge on any atom is -0.324 e. The maximum atomic E-state index is 12.7. The highest BCUT2D eigenvalue weighted by Gasteiger charge is 2.17. The molecule has 2 fully saturated rings. The Balaban J connectivity index is 0.795. The van der Waals surface area contributed by atoms with Crippen molar-refractivity contribution in [2.45, 2.75) is 116 Å². The molecule has 2 aliphatic rings. The molecule has 4 aromatic heterocycles. The van der Waals surface area contributed by atoms with E-state index in [9.17, 15) is 9.59 Å². The number of anilines is 2. The standard InChI is InChI=1S/C36H48N14O2/c51-35(25-49-21-31(39-45-49)15-17-47-23-33(41-43-47)19-27-7-3-1-4-8-27)37-29-11-13-30(14-12-29)38-36(52)26-50-22-32(40-46-50)16-18-48-24-34(42-44-48)20-28-9-5-2-6-10-28/h11-14,21-24,27-28H,1-10,15-20,25-26H2,(H,37,51)(H,38,52). The van der Waals surface area contributed by atoms with Crippen molar-refractivity contribution in [2.75, 3.05) is 10.6 Å². The summed E-state index contributed by atoms with van der Waals surface area (Å²) in [5.74, 6) is 0.980. The highest BCUT2D eigenvalue weighted by Crippen LogP contribution is 2.27. The van der Waals surface area contributed by atoms with E-state index in [4.69, 9.17) is 0 Å². The molecule has 1 aromatic carbocycles. The fraction of sp³-hybridized carbons (Fsp3) is 0.556. The molecule has 7 rings (SSSR count). The average molecular weight is 709 g/mol. The summed E-state index contributed by atoms with van der Waals surface area (Å²) in [7, 11) is 0. The minimum absolute atomic E-state index is 0.0283. The predicted octanol–water partition coefficient (Wildman–Crippen LogP) is 4.06. The number of nitrogens with zero attached hydrogens (tertiary/aromatic N) is 12. The lowest BCUT2D eigenvalue weighted by Crippen LogP contribution is -2.20. The van der Waals surface area contributed by atoms with Crippen LogP contribution >= 0.6 is 0 Å². The van der Waals surface area contributed by atoms with Crippen LogP contribution in [0.1, 0.15) is 87.0 Å². The van der Waals surface area contributed by atoms with Crippen molar-refractivity contribution in [3.8, 4) is 0 Å². The Bertz CT molecular complexity index is 1740. The van der Waals surface area contributed by atoms with Crippen LogP contribution in [0.15, 0.2) is 49.1 Å². The molecular formula is C36H48N14O2. The topological polar surface area (TPSA) is 181 Å². The maximum absolute atomic E-state index is 12.7. The molecule has 0 radical (unpaired) electrons. The van der Waals surface area contributed by atoms with Gasteiger partial charge in [0.2, 0.25) is 11.8 Å². The second-order valence-electron chi connectivity index (χ2n) is 14.4. The van der Waals surface area contributed by atoms with Crippen molar-refractivity contribution in [3.05, 3.63) is 71.8 Å². The van der Waals surface area contributed by atoms with Crippen molar-refractivity contribution in [3.63, 3.8) is 0 Å². The number of hydrogen-bond acceptors (Lipinski definition) is 10. The zero-order valence-corrected chi connectivity index (χ0v) is 29.7. The zero-order chi connectivity index (χ0) is 35.5. The van der Waals surface area contributed by atoms with Gasteiger partial charge in [0.15, 0.2) is 0 Å². The van der Waals surface area contributed by atoms with Gasteiger partial charge in [-0.25, -0.2) is 9.36 Å². The average Bonchev–Trinajstić information content (AvgIpc) is 3.98. The van der Waals surface area contributed by atoms with Gasteiger partial charge < -0.3 is 10.6 Å². The summed E-state index contributed by atoms with van der Waals surface area (Å²) in [5.41, 5.74) is 4.88. The van der Waals surface area contributed by atoms with E-state index < -0.39 is 0 Å². The van der Waals surface area contributed by atoms with Crippen LogP contribution in [0.25, 0.3) is 0 Å². The Hall–Kier alpha value is -5.28. The molecule has 2 N–H and O–H groups in total. The first-order chi connectivity index (χ1) is 25.5. The molecule has 2 aliphatic carbocycles. The molecule has 0 spiro atoms. The zero-order valence-electron chi connectivity index (χ0n) is 29.7. The summed E-state index contributed by atoms with van der Waals surface area (Å²) in [6.07, 6.45) is 24.0. The van der Waals surface area contributed by atoms with Crippen LogP contribution in [-0.4, -0.2) is 71.8 Å². The number of amides is 2. The van der Waals surface area contributed by atoms with Crippen molar-refractivity contribution < 1.29 is 9.59 Å². The summed E-state index contributed by atoms with van der Waals surface area (Å²) in [6, 6.07) is 6.94. The minimum atomic E-state index is -0.234. The number of benzene rings is 1. The van der Waals surface area contributed by atoms with Crippen LogP contribution in [0.3, 0.4) is 0 Å². The fourth-order valence-corrected chi connectivity index (χ4v) is 7.31. The number of nitrogens with one attached hydrogen (secondary N) is 2. The van der Waals surface area contributed by atoms with E-state index >= 15 is 0 Å². The molecule has 52 heavy (non-hydrogen) atoms. The lowest BCUT2D eigenvalue weighted by Gasteiger charge is -2.19. The molecule has 0 bridgehead atoms. The van der Waals surface area contributed by atoms with E-state index in [1.54, 1.807) is 36.7 Å². The molecule has 2 saturated carbocycles. The van der Waals surface area contributed by atoms with Gasteiger partial charge in [0, 0.05) is 62.1 Å². The van der Waals surface area contributed by atoms with Gasteiger partial charge in [0.1, 0.15) is 13.1 Å². The molecule has 0 unspecified atom stereocenters. The third-order valence-corrected chi connectivity index (χ3v) is 10.0. The SMILES string of the molecule is O=C(Cn1cc(CCn2cc(CC3CCCCC3)nn2)nn1)Nc1ccc(NC(=O)Cn2cc(CCn3cc(CC4CCCCC4)nn3)nn2)cc1. The van der Waals surface area contributed by atoms with Crippen LogP contribution in [-0.2, 0) is 61.5 Å². The van der Waals surface area contributed by atoms with Crippen molar-refractivity contribution in [1.29, 1.82) is 0 Å². The number of hydrogen-bond donors (Lipinski definition) is 2. The van der Waals surface area contributed by atoms with Crippen molar-refractivity contribution in [1.82, 2.24) is 60.0 Å². The maximum Gasteiger partial charge on any atom is 0.246 e. The number of aromatic nitrogens is 12. The third kappa shape index (κ3) is 10.4. The summed E-state index contributed by atoms with van der Waals surface area (Å²) in [6.45, 7) is 1.36. The number of carbonyl (C=O) groups excluding carboxylic acids is 2. The Morgan fingerprint density at radius 1 is 0.519 bits per heavy atom. The van der Waals surface area contributed by atoms with E-state index in [2.05, 4.69) is 51.9 Å². The fourth-order valence-electron chi connectivity index (χ4n) is 7.31. The van der Waals surface area contributed by atoms with E-state index in [-0.39, 0.29) is 24.9 Å². The molecule has 2 amide bonds. The Kier molecular flexibility index (Phi) is 11.7. The van der Waals surface area contributed by atoms with Gasteiger partial charge in [-0.15, -0.1) is 20.4 Å². The second kappa shape index (κ2) is 17.3. The highest BCUT2D eigenvalue weighted by molar-refractivity contribution is 5.92. The van der Waals surface area contributed by atoms with Gasteiger partial charge in [0.05, 0.1) is 22.8 Å². The quantitative estimate of drug-likeness (QED) is 0.152. The number of aryl methyl sites for hydroxylation is 4. The number of carbonyl (C=O) groups is 2. The molecule has 0 saturated heterocycles. The van der Waals surface area contributed by atoms with Gasteiger partial charge in [-0.1, -0.05) is 85.1 Å². The lowest BCUT2D eigenvalue weighted by atomic mass is 9.86.